The summed E-state index contributed by atoms with van der Waals surface area (Å²) in [5.41, 5.74) is 2.51. The zero-order chi connectivity index (χ0) is 34.0. The highest BCUT2D eigenvalue weighted by Crippen LogP contribution is 2.32. The van der Waals surface area contributed by atoms with Crippen molar-refractivity contribution in [1.82, 2.24) is 15.1 Å². The van der Waals surface area contributed by atoms with Crippen LogP contribution in [0, 0.1) is 19.3 Å². The second kappa shape index (κ2) is 16.6. The molecule has 0 radical (unpaired) electrons. The number of carbonyl (C=O) groups is 3. The number of phenols is 1. The van der Waals surface area contributed by atoms with E-state index in [1.165, 1.54) is 15.9 Å². The fraction of sp³-hybridized carbons (Fsp3) is 0.417. The highest BCUT2D eigenvalue weighted by atomic mass is 32.1. The topological polar surface area (TPSA) is 130 Å². The summed E-state index contributed by atoms with van der Waals surface area (Å²) in [5.74, 6) is -1.93. The first kappa shape index (κ1) is 36.6. The molecule has 248 valence electrons. The molecule has 0 unspecified atom stereocenters. The first-order valence-electron chi connectivity index (χ1n) is 15.5. The molecule has 3 amide bonds. The molecule has 4 N–H and O–H groups in total. The van der Waals surface area contributed by atoms with Crippen LogP contribution in [-0.4, -0.2) is 80.1 Å². The molecular formula is C36H47N3O6S. The van der Waals surface area contributed by atoms with Crippen molar-refractivity contribution in [3.63, 3.8) is 0 Å². The molecule has 3 aromatic rings. The predicted molar refractivity (Wildman–Crippen MR) is 182 cm³/mol. The Balaban J connectivity index is 2.00. The lowest BCUT2D eigenvalue weighted by atomic mass is 9.79. The van der Waals surface area contributed by atoms with Crippen molar-refractivity contribution in [3.05, 3.63) is 101 Å². The molecule has 0 bridgehead atoms. The van der Waals surface area contributed by atoms with Crippen molar-refractivity contribution in [2.24, 2.45) is 5.41 Å². The average Bonchev–Trinajstić information content (AvgIpc) is 3.04. The number of amides is 3. The molecule has 0 aromatic heterocycles. The van der Waals surface area contributed by atoms with E-state index >= 15 is 0 Å². The number of hydrogen-bond donors (Lipinski definition) is 5. The summed E-state index contributed by atoms with van der Waals surface area (Å²) in [6.07, 6.45) is -1.09. The average molecular weight is 650 g/mol. The number of rotatable bonds is 15. The number of aromatic hydroxyl groups is 1. The Labute approximate surface area is 277 Å². The number of nitrogens with zero attached hydrogens (tertiary/aromatic N) is 2. The van der Waals surface area contributed by atoms with Gasteiger partial charge in [-0.25, -0.2) is 0 Å². The molecule has 3 rings (SSSR count). The van der Waals surface area contributed by atoms with Gasteiger partial charge in [-0.1, -0.05) is 81.4 Å². The number of hydrogen-bond acceptors (Lipinski definition) is 7. The molecule has 9 nitrogen and oxygen atoms in total. The number of aryl methyl sites for hydroxylation is 1. The molecule has 46 heavy (non-hydrogen) atoms. The van der Waals surface area contributed by atoms with E-state index < -0.39 is 35.4 Å². The van der Waals surface area contributed by atoms with E-state index in [0.29, 0.717) is 12.0 Å². The molecule has 0 heterocycles. The SMILES string of the molecule is CCC(C)(C)[C@@H](C(=O)N(CCO)Cc1ccccc1C)N(CS)C(=O)[C@@H](O)[C@H](Cc1ccccc1)NC(=O)c1cccc(O)c1C. The van der Waals surface area contributed by atoms with Gasteiger partial charge in [-0.2, -0.15) is 12.6 Å². The Bertz CT molecular complexity index is 1480. The molecule has 3 atom stereocenters. The Morgan fingerprint density at radius 1 is 0.935 bits per heavy atom. The zero-order valence-corrected chi connectivity index (χ0v) is 28.2. The minimum atomic E-state index is -1.74. The van der Waals surface area contributed by atoms with Crippen LogP contribution in [0.1, 0.15) is 59.8 Å². The van der Waals surface area contributed by atoms with Gasteiger partial charge in [-0.05, 0) is 60.9 Å². The van der Waals surface area contributed by atoms with Gasteiger partial charge in [-0.15, -0.1) is 0 Å². The third-order valence-electron chi connectivity index (χ3n) is 8.74. The largest absolute Gasteiger partial charge is 0.508 e. The summed E-state index contributed by atoms with van der Waals surface area (Å²) in [6.45, 7) is 9.25. The van der Waals surface area contributed by atoms with Gasteiger partial charge < -0.3 is 30.4 Å². The van der Waals surface area contributed by atoms with Crippen LogP contribution in [0.4, 0.5) is 0 Å². The first-order chi connectivity index (χ1) is 21.9. The zero-order valence-electron chi connectivity index (χ0n) is 27.3. The van der Waals surface area contributed by atoms with Gasteiger partial charge in [0.2, 0.25) is 5.91 Å². The Morgan fingerprint density at radius 3 is 2.20 bits per heavy atom. The Hall–Kier alpha value is -3.86. The van der Waals surface area contributed by atoms with Gasteiger partial charge in [0.15, 0.2) is 6.10 Å². The molecule has 0 saturated heterocycles. The summed E-state index contributed by atoms with van der Waals surface area (Å²) < 4.78 is 0. The number of nitrogens with one attached hydrogen (secondary N) is 1. The molecule has 0 fully saturated rings. The standard InChI is InChI=1S/C36H47N3O6S/c1-6-36(4,5)32(35(45)38(19-20-40)22-27-16-11-10-13-24(27)2)39(23-46)34(44)31(42)29(21-26-14-8-7-9-15-26)37-33(43)28-17-12-18-30(41)25(28)3/h7-18,29,31-32,40-42,46H,6,19-23H2,1-5H3,(H,37,43)/t29-,31-,32+/m0/s1. The van der Waals surface area contributed by atoms with Crippen LogP contribution in [0.15, 0.2) is 72.8 Å². The quantitative estimate of drug-likeness (QED) is 0.124. The first-order valence-corrected chi connectivity index (χ1v) is 16.2. The fourth-order valence-electron chi connectivity index (χ4n) is 5.48. The Kier molecular flexibility index (Phi) is 13.2. The van der Waals surface area contributed by atoms with Crippen LogP contribution in [0.3, 0.4) is 0 Å². The van der Waals surface area contributed by atoms with Gasteiger partial charge >= 0.3 is 0 Å². The third kappa shape index (κ3) is 8.90. The number of aliphatic hydroxyl groups excluding tert-OH is 2. The van der Waals surface area contributed by atoms with E-state index in [2.05, 4.69) is 17.9 Å². The minimum absolute atomic E-state index is 0.0496. The van der Waals surface area contributed by atoms with Crippen LogP contribution >= 0.6 is 12.6 Å². The van der Waals surface area contributed by atoms with E-state index in [1.807, 2.05) is 82.3 Å². The Morgan fingerprint density at radius 2 is 1.59 bits per heavy atom. The maximum atomic E-state index is 14.4. The van der Waals surface area contributed by atoms with Crippen molar-refractivity contribution in [2.45, 2.75) is 72.2 Å². The maximum Gasteiger partial charge on any atom is 0.254 e. The minimum Gasteiger partial charge on any atom is -0.508 e. The summed E-state index contributed by atoms with van der Waals surface area (Å²) >= 11 is 4.47. The van der Waals surface area contributed by atoms with Crippen LogP contribution in [0.5, 0.6) is 5.75 Å². The molecule has 0 aliphatic heterocycles. The molecule has 0 saturated carbocycles. The number of thiol groups is 1. The fourth-order valence-corrected chi connectivity index (χ4v) is 5.79. The molecule has 3 aromatic carbocycles. The lowest BCUT2D eigenvalue weighted by molar-refractivity contribution is -0.156. The smallest absolute Gasteiger partial charge is 0.254 e. The van der Waals surface area contributed by atoms with Crippen molar-refractivity contribution < 1.29 is 29.7 Å². The van der Waals surface area contributed by atoms with Gasteiger partial charge in [0, 0.05) is 24.2 Å². The van der Waals surface area contributed by atoms with Gasteiger partial charge in [0.05, 0.1) is 18.5 Å². The summed E-state index contributed by atoms with van der Waals surface area (Å²) in [4.78, 5) is 44.9. The van der Waals surface area contributed by atoms with E-state index in [4.69, 9.17) is 0 Å². The van der Waals surface area contributed by atoms with Gasteiger partial charge in [-0.3, -0.25) is 14.4 Å². The van der Waals surface area contributed by atoms with Crippen LogP contribution in [0.2, 0.25) is 0 Å². The van der Waals surface area contributed by atoms with Crippen molar-refractivity contribution in [1.29, 1.82) is 0 Å². The second-order valence-electron chi connectivity index (χ2n) is 12.3. The number of aliphatic hydroxyl groups is 2. The van der Waals surface area contributed by atoms with Crippen molar-refractivity contribution in [3.8, 4) is 5.75 Å². The van der Waals surface area contributed by atoms with Gasteiger partial charge in [0.25, 0.3) is 11.8 Å². The lowest BCUT2D eigenvalue weighted by Gasteiger charge is -2.43. The monoisotopic (exact) mass is 649 g/mol. The summed E-state index contributed by atoms with van der Waals surface area (Å²) in [6, 6.07) is 19.3. The van der Waals surface area contributed by atoms with Crippen LogP contribution in [0.25, 0.3) is 0 Å². The normalized spacial score (nSPS) is 13.4. The van der Waals surface area contributed by atoms with Crippen LogP contribution < -0.4 is 5.32 Å². The molecule has 10 heteroatoms. The number of benzene rings is 3. The van der Waals surface area contributed by atoms with E-state index in [9.17, 15) is 29.7 Å². The van der Waals surface area contributed by atoms with Crippen molar-refractivity contribution >= 4 is 30.4 Å². The highest BCUT2D eigenvalue weighted by Gasteiger charge is 2.45. The number of phenolic OH excluding ortho intramolecular Hbond substituents is 1. The lowest BCUT2D eigenvalue weighted by Crippen LogP contribution is -2.61. The molecule has 0 spiro atoms. The third-order valence-corrected chi connectivity index (χ3v) is 9.04. The van der Waals surface area contributed by atoms with E-state index in [0.717, 1.165) is 16.7 Å². The molecule has 0 aliphatic rings. The molecule has 0 aliphatic carbocycles. The maximum absolute atomic E-state index is 14.4. The van der Waals surface area contributed by atoms with E-state index in [1.54, 1.807) is 19.1 Å². The number of carbonyl (C=O) groups excluding carboxylic acids is 3. The van der Waals surface area contributed by atoms with Crippen molar-refractivity contribution in [2.75, 3.05) is 19.0 Å². The predicted octanol–water partition coefficient (Wildman–Crippen LogP) is 4.25. The van der Waals surface area contributed by atoms with Gasteiger partial charge in [0.1, 0.15) is 11.8 Å². The highest BCUT2D eigenvalue weighted by molar-refractivity contribution is 7.80. The summed E-state index contributed by atoms with van der Waals surface area (Å²) in [7, 11) is 0. The molecular weight excluding hydrogens is 602 g/mol. The summed E-state index contributed by atoms with van der Waals surface area (Å²) in [5, 5.41) is 34.6. The van der Waals surface area contributed by atoms with E-state index in [-0.39, 0.29) is 49.2 Å². The second-order valence-corrected chi connectivity index (χ2v) is 12.6. The van der Waals surface area contributed by atoms with Crippen LogP contribution in [-0.2, 0) is 22.6 Å².